The summed E-state index contributed by atoms with van der Waals surface area (Å²) in [6, 6.07) is 16.8. The standard InChI is InChI=1S/C21H25N3O4/c1-2-27-21(26)24-14-12-23(13-15-24)16-20(25)22-18-10-6-7-11-19(18)28-17-8-4-3-5-9-17/h3-11H,2,12-16H2,1H3,(H,22,25)/p+1. The van der Waals surface area contributed by atoms with E-state index < -0.39 is 0 Å². The van der Waals surface area contributed by atoms with Crippen LogP contribution in [-0.4, -0.2) is 56.2 Å². The van der Waals surface area contributed by atoms with Crippen LogP contribution >= 0.6 is 0 Å². The molecule has 0 unspecified atom stereocenters. The van der Waals surface area contributed by atoms with E-state index in [9.17, 15) is 9.59 Å². The summed E-state index contributed by atoms with van der Waals surface area (Å²) < 4.78 is 10.9. The summed E-state index contributed by atoms with van der Waals surface area (Å²) in [6.45, 7) is 5.13. The molecule has 0 radical (unpaired) electrons. The number of nitrogens with one attached hydrogen (secondary N) is 2. The van der Waals surface area contributed by atoms with Crippen molar-refractivity contribution in [3.05, 3.63) is 54.6 Å². The quantitative estimate of drug-likeness (QED) is 0.796. The largest absolute Gasteiger partial charge is 0.455 e. The van der Waals surface area contributed by atoms with Crippen LogP contribution in [0.4, 0.5) is 10.5 Å². The summed E-state index contributed by atoms with van der Waals surface area (Å²) in [7, 11) is 0. The zero-order valence-corrected chi connectivity index (χ0v) is 16.0. The number of ether oxygens (including phenoxy) is 2. The second-order valence-corrected chi connectivity index (χ2v) is 6.57. The number of rotatable bonds is 6. The van der Waals surface area contributed by atoms with E-state index in [2.05, 4.69) is 5.32 Å². The Morgan fingerprint density at radius 1 is 1.04 bits per heavy atom. The molecular weight excluding hydrogens is 358 g/mol. The van der Waals surface area contributed by atoms with Gasteiger partial charge in [0.05, 0.1) is 38.5 Å². The van der Waals surface area contributed by atoms with Crippen LogP contribution in [0.1, 0.15) is 6.92 Å². The fourth-order valence-corrected chi connectivity index (χ4v) is 3.09. The Balaban J connectivity index is 1.52. The van der Waals surface area contributed by atoms with E-state index >= 15 is 0 Å². The van der Waals surface area contributed by atoms with E-state index in [0.717, 1.165) is 4.90 Å². The van der Waals surface area contributed by atoms with Gasteiger partial charge in [0, 0.05) is 0 Å². The number of carbonyl (C=O) groups excluding carboxylic acids is 2. The Morgan fingerprint density at radius 3 is 2.43 bits per heavy atom. The Morgan fingerprint density at radius 2 is 1.71 bits per heavy atom. The van der Waals surface area contributed by atoms with Crippen molar-refractivity contribution < 1.29 is 24.0 Å². The van der Waals surface area contributed by atoms with Crippen LogP contribution in [-0.2, 0) is 9.53 Å². The molecule has 0 aromatic heterocycles. The number of carbonyl (C=O) groups is 2. The van der Waals surface area contributed by atoms with Crippen molar-refractivity contribution in [1.82, 2.24) is 4.90 Å². The van der Waals surface area contributed by atoms with Gasteiger partial charge in [-0.3, -0.25) is 9.69 Å². The highest BCUT2D eigenvalue weighted by molar-refractivity contribution is 5.93. The maximum Gasteiger partial charge on any atom is 0.410 e. The summed E-state index contributed by atoms with van der Waals surface area (Å²) in [5.74, 6) is 1.23. The Kier molecular flexibility index (Phi) is 6.86. The number of hydrogen-bond acceptors (Lipinski definition) is 4. The first-order chi connectivity index (χ1) is 13.7. The minimum Gasteiger partial charge on any atom is -0.455 e. The van der Waals surface area contributed by atoms with Crippen molar-refractivity contribution in [2.24, 2.45) is 0 Å². The number of para-hydroxylation sites is 3. The number of nitrogens with zero attached hydrogens (tertiary/aromatic N) is 1. The van der Waals surface area contributed by atoms with Crippen molar-refractivity contribution in [3.8, 4) is 11.5 Å². The third-order valence-corrected chi connectivity index (χ3v) is 4.54. The maximum atomic E-state index is 12.5. The van der Waals surface area contributed by atoms with Gasteiger partial charge in [0.25, 0.3) is 5.91 Å². The molecule has 0 spiro atoms. The van der Waals surface area contributed by atoms with Crippen LogP contribution < -0.4 is 15.0 Å². The van der Waals surface area contributed by atoms with Crippen LogP contribution in [0.3, 0.4) is 0 Å². The first-order valence-corrected chi connectivity index (χ1v) is 9.52. The van der Waals surface area contributed by atoms with Gasteiger partial charge in [-0.1, -0.05) is 30.3 Å². The SMILES string of the molecule is CCOC(=O)N1CC[NH+](CC(=O)Nc2ccccc2Oc2ccccc2)CC1. The molecule has 0 saturated carbocycles. The predicted molar refractivity (Wildman–Crippen MR) is 106 cm³/mol. The molecule has 2 N–H and O–H groups in total. The van der Waals surface area contributed by atoms with Crippen LogP contribution in [0, 0.1) is 0 Å². The normalized spacial score (nSPS) is 14.4. The Labute approximate surface area is 164 Å². The third-order valence-electron chi connectivity index (χ3n) is 4.54. The molecule has 1 heterocycles. The zero-order chi connectivity index (χ0) is 19.8. The zero-order valence-electron chi connectivity index (χ0n) is 16.0. The average Bonchev–Trinajstić information content (AvgIpc) is 2.71. The number of quaternary nitrogens is 1. The molecule has 0 aliphatic carbocycles. The third kappa shape index (κ3) is 5.47. The molecular formula is C21H26N3O4+. The van der Waals surface area contributed by atoms with Gasteiger partial charge in [-0.05, 0) is 31.2 Å². The van der Waals surface area contributed by atoms with Gasteiger partial charge >= 0.3 is 6.09 Å². The van der Waals surface area contributed by atoms with Crippen molar-refractivity contribution in [1.29, 1.82) is 0 Å². The van der Waals surface area contributed by atoms with Crippen molar-refractivity contribution >= 4 is 17.7 Å². The summed E-state index contributed by atoms with van der Waals surface area (Å²) >= 11 is 0. The molecule has 148 valence electrons. The molecule has 1 aliphatic heterocycles. The van der Waals surface area contributed by atoms with Crippen molar-refractivity contribution in [2.75, 3.05) is 44.6 Å². The lowest BCUT2D eigenvalue weighted by Crippen LogP contribution is -3.15. The fraction of sp³-hybridized carbons (Fsp3) is 0.333. The molecule has 0 bridgehead atoms. The second-order valence-electron chi connectivity index (χ2n) is 6.57. The number of anilines is 1. The monoisotopic (exact) mass is 384 g/mol. The van der Waals surface area contributed by atoms with Gasteiger partial charge in [0.2, 0.25) is 0 Å². The van der Waals surface area contributed by atoms with Gasteiger partial charge in [-0.2, -0.15) is 0 Å². The molecule has 7 heteroatoms. The smallest absolute Gasteiger partial charge is 0.410 e. The molecule has 7 nitrogen and oxygen atoms in total. The lowest BCUT2D eigenvalue weighted by atomic mass is 10.2. The van der Waals surface area contributed by atoms with Gasteiger partial charge in [-0.25, -0.2) is 4.79 Å². The summed E-state index contributed by atoms with van der Waals surface area (Å²) in [6.07, 6.45) is -0.280. The topological polar surface area (TPSA) is 72.3 Å². The van der Waals surface area contributed by atoms with E-state index in [1.165, 1.54) is 0 Å². The average molecular weight is 384 g/mol. The molecule has 28 heavy (non-hydrogen) atoms. The number of hydrogen-bond donors (Lipinski definition) is 2. The minimum absolute atomic E-state index is 0.0799. The highest BCUT2D eigenvalue weighted by Crippen LogP contribution is 2.28. The van der Waals surface area contributed by atoms with Crippen LogP contribution in [0.15, 0.2) is 54.6 Å². The Bertz CT molecular complexity index is 789. The molecule has 3 rings (SSSR count). The van der Waals surface area contributed by atoms with Gasteiger partial charge in [-0.15, -0.1) is 0 Å². The summed E-state index contributed by atoms with van der Waals surface area (Å²) in [4.78, 5) is 27.1. The fourth-order valence-electron chi connectivity index (χ4n) is 3.09. The minimum atomic E-state index is -0.280. The van der Waals surface area contributed by atoms with Crippen LogP contribution in [0.2, 0.25) is 0 Å². The number of piperazine rings is 1. The van der Waals surface area contributed by atoms with E-state index in [-0.39, 0.29) is 12.0 Å². The lowest BCUT2D eigenvalue weighted by Gasteiger charge is -2.31. The number of benzene rings is 2. The lowest BCUT2D eigenvalue weighted by molar-refractivity contribution is -0.895. The maximum absolute atomic E-state index is 12.5. The van der Waals surface area contributed by atoms with E-state index in [1.54, 1.807) is 11.8 Å². The molecule has 1 fully saturated rings. The van der Waals surface area contributed by atoms with Gasteiger partial charge in [0.15, 0.2) is 12.3 Å². The molecule has 2 amide bonds. The van der Waals surface area contributed by atoms with E-state index in [1.807, 2.05) is 54.6 Å². The second kappa shape index (κ2) is 9.75. The Hall–Kier alpha value is -3.06. The number of amides is 2. The van der Waals surface area contributed by atoms with Crippen molar-refractivity contribution in [3.63, 3.8) is 0 Å². The highest BCUT2D eigenvalue weighted by Gasteiger charge is 2.26. The first kappa shape index (κ1) is 19.7. The first-order valence-electron chi connectivity index (χ1n) is 9.52. The van der Waals surface area contributed by atoms with E-state index in [0.29, 0.717) is 56.5 Å². The van der Waals surface area contributed by atoms with E-state index in [4.69, 9.17) is 9.47 Å². The predicted octanol–water partition coefficient (Wildman–Crippen LogP) is 1.77. The molecule has 2 aromatic carbocycles. The molecule has 0 atom stereocenters. The molecule has 1 aliphatic rings. The van der Waals surface area contributed by atoms with Crippen LogP contribution in [0.25, 0.3) is 0 Å². The van der Waals surface area contributed by atoms with Gasteiger partial charge in [0.1, 0.15) is 5.75 Å². The summed E-state index contributed by atoms with van der Waals surface area (Å²) in [5, 5.41) is 2.94. The highest BCUT2D eigenvalue weighted by atomic mass is 16.6. The van der Waals surface area contributed by atoms with Crippen molar-refractivity contribution in [2.45, 2.75) is 6.92 Å². The van der Waals surface area contributed by atoms with Crippen LogP contribution in [0.5, 0.6) is 11.5 Å². The summed E-state index contributed by atoms with van der Waals surface area (Å²) in [5.41, 5.74) is 0.640. The van der Waals surface area contributed by atoms with Gasteiger partial charge < -0.3 is 19.7 Å². The molecule has 1 saturated heterocycles. The molecule has 2 aromatic rings.